The summed E-state index contributed by atoms with van der Waals surface area (Å²) in [4.78, 5) is 2.55. The van der Waals surface area contributed by atoms with Gasteiger partial charge in [-0.2, -0.15) is 0 Å². The predicted octanol–water partition coefficient (Wildman–Crippen LogP) is 11.8. The number of benzene rings is 7. The van der Waals surface area contributed by atoms with Crippen LogP contribution >= 0.6 is 0 Å². The van der Waals surface area contributed by atoms with Gasteiger partial charge in [0.25, 0.3) is 0 Å². The van der Waals surface area contributed by atoms with Gasteiger partial charge in [-0.3, -0.25) is 0 Å². The maximum atomic E-state index is 2.55. The molecule has 0 bridgehead atoms. The van der Waals surface area contributed by atoms with E-state index in [0.29, 0.717) is 0 Å². The molecule has 7 aromatic rings. The molecule has 222 valence electrons. The Morgan fingerprint density at radius 1 is 0.362 bits per heavy atom. The smallest absolute Gasteiger partial charge is 0.0746 e. The van der Waals surface area contributed by atoms with E-state index in [1.807, 2.05) is 0 Å². The molecule has 47 heavy (non-hydrogen) atoms. The molecular formula is C46H33N. The minimum atomic E-state index is -0.447. The zero-order chi connectivity index (χ0) is 31.3. The van der Waals surface area contributed by atoms with Crippen LogP contribution in [0.1, 0.15) is 47.2 Å². The Kier molecular flexibility index (Phi) is 5.33. The second-order valence-electron chi connectivity index (χ2n) is 13.6. The van der Waals surface area contributed by atoms with Gasteiger partial charge in [-0.05, 0) is 79.9 Å². The van der Waals surface area contributed by atoms with Gasteiger partial charge in [0, 0.05) is 22.2 Å². The predicted molar refractivity (Wildman–Crippen MR) is 195 cm³/mol. The summed E-state index contributed by atoms with van der Waals surface area (Å²) in [6, 6.07) is 61.1. The zero-order valence-electron chi connectivity index (χ0n) is 26.5. The Morgan fingerprint density at radius 3 is 1.45 bits per heavy atom. The maximum Gasteiger partial charge on any atom is 0.0746 e. The first-order chi connectivity index (χ1) is 23.1. The van der Waals surface area contributed by atoms with E-state index in [2.05, 4.69) is 183 Å². The van der Waals surface area contributed by atoms with Gasteiger partial charge in [0.1, 0.15) is 0 Å². The minimum Gasteiger partial charge on any atom is -0.310 e. The fourth-order valence-corrected chi connectivity index (χ4v) is 9.23. The minimum absolute atomic E-state index is 0.0935. The van der Waals surface area contributed by atoms with Crippen molar-refractivity contribution < 1.29 is 0 Å². The van der Waals surface area contributed by atoms with Crippen molar-refractivity contribution in [1.82, 2.24) is 0 Å². The van der Waals surface area contributed by atoms with Crippen LogP contribution in [0.25, 0.3) is 33.4 Å². The zero-order valence-corrected chi connectivity index (χ0v) is 26.5. The molecule has 0 heterocycles. The third-order valence-corrected chi connectivity index (χ3v) is 11.1. The first-order valence-corrected chi connectivity index (χ1v) is 16.6. The molecule has 0 radical (unpaired) electrons. The molecular weight excluding hydrogens is 567 g/mol. The lowest BCUT2D eigenvalue weighted by Crippen LogP contribution is -2.28. The summed E-state index contributed by atoms with van der Waals surface area (Å²) in [5.41, 5.74) is 19.1. The van der Waals surface area contributed by atoms with Crippen LogP contribution in [0.15, 0.2) is 164 Å². The summed E-state index contributed by atoms with van der Waals surface area (Å²) in [6.07, 6.45) is 0. The molecule has 7 aromatic carbocycles. The van der Waals surface area contributed by atoms with Crippen molar-refractivity contribution >= 4 is 17.1 Å². The van der Waals surface area contributed by atoms with E-state index in [9.17, 15) is 0 Å². The average Bonchev–Trinajstić information content (AvgIpc) is 3.69. The first kappa shape index (κ1) is 26.5. The molecule has 1 nitrogen and oxygen atoms in total. The monoisotopic (exact) mass is 599 g/mol. The number of nitrogens with zero attached hydrogens (tertiary/aromatic N) is 1. The normalized spacial score (nSPS) is 14.9. The van der Waals surface area contributed by atoms with Gasteiger partial charge in [-0.15, -0.1) is 0 Å². The van der Waals surface area contributed by atoms with Crippen molar-refractivity contribution in [3.05, 3.63) is 197 Å². The molecule has 1 spiro atoms. The summed E-state index contributed by atoms with van der Waals surface area (Å²) in [5.74, 6) is 0. The Labute approximate surface area is 276 Å². The molecule has 0 aromatic heterocycles. The summed E-state index contributed by atoms with van der Waals surface area (Å²) in [7, 11) is 0. The highest BCUT2D eigenvalue weighted by Gasteiger charge is 2.53. The topological polar surface area (TPSA) is 3.24 Å². The number of rotatable bonds is 3. The third kappa shape index (κ3) is 3.29. The lowest BCUT2D eigenvalue weighted by atomic mass is 9.70. The lowest BCUT2D eigenvalue weighted by molar-refractivity contribution is 0.660. The van der Waals surface area contributed by atoms with E-state index in [-0.39, 0.29) is 5.41 Å². The van der Waals surface area contributed by atoms with Gasteiger partial charge in [-0.1, -0.05) is 153 Å². The number of hydrogen-bond acceptors (Lipinski definition) is 1. The van der Waals surface area contributed by atoms with Crippen molar-refractivity contribution in [2.45, 2.75) is 24.7 Å². The third-order valence-electron chi connectivity index (χ3n) is 11.1. The fourth-order valence-electron chi connectivity index (χ4n) is 9.23. The van der Waals surface area contributed by atoms with Crippen molar-refractivity contribution in [1.29, 1.82) is 0 Å². The maximum absolute atomic E-state index is 2.55. The molecule has 0 fully saturated rings. The summed E-state index contributed by atoms with van der Waals surface area (Å²) in [6.45, 7) is 4.74. The molecule has 0 aliphatic heterocycles. The highest BCUT2D eigenvalue weighted by molar-refractivity contribution is 6.02. The van der Waals surface area contributed by atoms with Crippen LogP contribution in [-0.4, -0.2) is 0 Å². The summed E-state index contributed by atoms with van der Waals surface area (Å²) in [5, 5.41) is 0. The molecule has 3 aliphatic carbocycles. The van der Waals surface area contributed by atoms with Crippen LogP contribution in [0.5, 0.6) is 0 Å². The Morgan fingerprint density at radius 2 is 0.809 bits per heavy atom. The number of para-hydroxylation sites is 1. The van der Waals surface area contributed by atoms with Crippen molar-refractivity contribution in [2.24, 2.45) is 0 Å². The molecule has 0 amide bonds. The van der Waals surface area contributed by atoms with E-state index < -0.39 is 5.41 Å². The second-order valence-corrected chi connectivity index (χ2v) is 13.6. The molecule has 0 unspecified atom stereocenters. The fraction of sp³-hybridized carbons (Fsp3) is 0.0870. The van der Waals surface area contributed by atoms with E-state index in [0.717, 1.165) is 5.69 Å². The average molecular weight is 600 g/mol. The van der Waals surface area contributed by atoms with Gasteiger partial charge in [0.15, 0.2) is 0 Å². The highest BCUT2D eigenvalue weighted by Crippen LogP contribution is 2.66. The van der Waals surface area contributed by atoms with Crippen LogP contribution < -0.4 is 4.90 Å². The van der Waals surface area contributed by atoms with E-state index in [1.54, 1.807) is 0 Å². The highest BCUT2D eigenvalue weighted by atomic mass is 15.2. The summed E-state index contributed by atoms with van der Waals surface area (Å²) < 4.78 is 0. The molecule has 0 saturated carbocycles. The molecule has 10 rings (SSSR count). The van der Waals surface area contributed by atoms with Crippen LogP contribution in [0, 0.1) is 0 Å². The first-order valence-electron chi connectivity index (χ1n) is 16.6. The van der Waals surface area contributed by atoms with Crippen LogP contribution in [0.3, 0.4) is 0 Å². The number of hydrogen-bond donors (Lipinski definition) is 0. The van der Waals surface area contributed by atoms with Crippen LogP contribution in [-0.2, 0) is 10.8 Å². The Balaban J connectivity index is 1.35. The SMILES string of the molecule is CC1(C)c2ccccc2-c2c(N(c3ccccc3)c3cccc4c3C3(c5ccccc5-c5ccccc53)c3ccccc3-4)cccc21. The van der Waals surface area contributed by atoms with E-state index in [1.165, 1.54) is 78.1 Å². The quantitative estimate of drug-likeness (QED) is 0.195. The lowest BCUT2D eigenvalue weighted by Gasteiger charge is -2.36. The van der Waals surface area contributed by atoms with Gasteiger partial charge in [0.05, 0.1) is 16.8 Å². The van der Waals surface area contributed by atoms with Gasteiger partial charge in [-0.25, -0.2) is 0 Å². The van der Waals surface area contributed by atoms with Crippen LogP contribution in [0.2, 0.25) is 0 Å². The Bertz CT molecular complexity index is 2330. The van der Waals surface area contributed by atoms with Crippen molar-refractivity contribution in [3.8, 4) is 33.4 Å². The van der Waals surface area contributed by atoms with Crippen molar-refractivity contribution in [3.63, 3.8) is 0 Å². The van der Waals surface area contributed by atoms with Crippen molar-refractivity contribution in [2.75, 3.05) is 4.90 Å². The Hall–Kier alpha value is -5.66. The van der Waals surface area contributed by atoms with Gasteiger partial charge in [0.2, 0.25) is 0 Å². The number of anilines is 3. The molecule has 1 heteroatoms. The summed E-state index contributed by atoms with van der Waals surface area (Å²) >= 11 is 0. The molecule has 0 atom stereocenters. The van der Waals surface area contributed by atoms with Gasteiger partial charge < -0.3 is 4.90 Å². The molecule has 0 N–H and O–H groups in total. The second kappa shape index (κ2) is 9.44. The standard InChI is InChI=1S/C46H33N/c1-45(2)36-23-10-9-21-35(36)43-40(45)27-15-28-41(43)47(30-16-4-3-5-17-30)42-29-14-22-34-33-20-8-13-26-39(33)46(44(34)42)37-24-11-6-18-31(37)32-19-7-12-25-38(32)46/h3-29H,1-2H3. The number of fused-ring (bicyclic) bond motifs is 13. The molecule has 3 aliphatic rings. The molecule has 0 saturated heterocycles. The van der Waals surface area contributed by atoms with Crippen LogP contribution in [0.4, 0.5) is 17.1 Å². The van der Waals surface area contributed by atoms with E-state index in [4.69, 9.17) is 0 Å². The largest absolute Gasteiger partial charge is 0.310 e. The van der Waals surface area contributed by atoms with Gasteiger partial charge >= 0.3 is 0 Å². The van der Waals surface area contributed by atoms with E-state index >= 15 is 0 Å².